The van der Waals surface area contributed by atoms with Gasteiger partial charge >= 0.3 is 0 Å². The van der Waals surface area contributed by atoms with Crippen molar-refractivity contribution in [3.05, 3.63) is 57.0 Å². The number of nitrogens with one attached hydrogen (secondary N) is 1. The molecule has 2 aromatic heterocycles. The molecule has 1 N–H and O–H groups in total. The van der Waals surface area contributed by atoms with Gasteiger partial charge in [-0.05, 0) is 31.9 Å². The van der Waals surface area contributed by atoms with Crippen LogP contribution >= 0.6 is 23.1 Å². The Hall–Kier alpha value is -2.19. The molecule has 1 aromatic carbocycles. The van der Waals surface area contributed by atoms with Gasteiger partial charge in [-0.2, -0.15) is 9.61 Å². The van der Waals surface area contributed by atoms with E-state index in [4.69, 9.17) is 0 Å². The molecule has 1 aliphatic rings. The second kappa shape index (κ2) is 9.09. The Balaban J connectivity index is 1.37. The van der Waals surface area contributed by atoms with E-state index < -0.39 is 0 Å². The first kappa shape index (κ1) is 20.1. The van der Waals surface area contributed by atoms with Gasteiger partial charge in [-0.25, -0.2) is 4.98 Å². The third kappa shape index (κ3) is 5.05. The molecule has 0 unspecified atom stereocenters. The maximum absolute atomic E-state index is 12.4. The van der Waals surface area contributed by atoms with Gasteiger partial charge in [0.25, 0.3) is 5.56 Å². The zero-order valence-electron chi connectivity index (χ0n) is 16.4. The van der Waals surface area contributed by atoms with Crippen LogP contribution in [0.15, 0.2) is 35.1 Å². The Bertz CT molecular complexity index is 1050. The predicted octanol–water partition coefficient (Wildman–Crippen LogP) is 4.38. The summed E-state index contributed by atoms with van der Waals surface area (Å²) < 4.78 is 1.42. The van der Waals surface area contributed by atoms with Gasteiger partial charge < -0.3 is 5.32 Å². The summed E-state index contributed by atoms with van der Waals surface area (Å²) in [6.45, 7) is 2.01. The SMILES string of the molecule is Cc1ccc(NC(=O)CSCc2cc(=O)n3nc(C4CCCCC4)sc3n2)cc1. The minimum Gasteiger partial charge on any atom is -0.325 e. The highest BCUT2D eigenvalue weighted by Gasteiger charge is 2.20. The zero-order chi connectivity index (χ0) is 20.2. The van der Waals surface area contributed by atoms with Gasteiger partial charge in [0, 0.05) is 23.4 Å². The standard InChI is InChI=1S/C21H24N4O2S2/c1-14-7-9-16(10-8-14)22-18(26)13-28-12-17-11-19(27)25-21(23-17)29-20(24-25)15-5-3-2-4-6-15/h7-11,15H,2-6,12-13H2,1H3,(H,22,26). The quantitative estimate of drug-likeness (QED) is 0.631. The number of nitrogens with zero attached hydrogens (tertiary/aromatic N) is 3. The van der Waals surface area contributed by atoms with E-state index in [1.165, 1.54) is 52.9 Å². The summed E-state index contributed by atoms with van der Waals surface area (Å²) in [6.07, 6.45) is 6.05. The summed E-state index contributed by atoms with van der Waals surface area (Å²) in [5, 5.41) is 8.43. The molecular weight excluding hydrogens is 404 g/mol. The highest BCUT2D eigenvalue weighted by Crippen LogP contribution is 2.34. The first-order valence-corrected chi connectivity index (χ1v) is 11.9. The van der Waals surface area contributed by atoms with Crippen LogP contribution in [0.5, 0.6) is 0 Å². The van der Waals surface area contributed by atoms with Crippen molar-refractivity contribution in [1.82, 2.24) is 14.6 Å². The topological polar surface area (TPSA) is 76.4 Å². The van der Waals surface area contributed by atoms with Gasteiger partial charge in [0.05, 0.1) is 11.4 Å². The molecule has 8 heteroatoms. The molecule has 0 bridgehead atoms. The number of carbonyl (C=O) groups excluding carboxylic acids is 1. The monoisotopic (exact) mass is 428 g/mol. The summed E-state index contributed by atoms with van der Waals surface area (Å²) in [7, 11) is 0. The van der Waals surface area contributed by atoms with Gasteiger partial charge in [-0.3, -0.25) is 9.59 Å². The second-order valence-electron chi connectivity index (χ2n) is 7.46. The van der Waals surface area contributed by atoms with Crippen LogP contribution in [-0.2, 0) is 10.5 Å². The smallest absolute Gasteiger partial charge is 0.275 e. The molecule has 152 valence electrons. The molecule has 1 fully saturated rings. The molecule has 0 aliphatic heterocycles. The van der Waals surface area contributed by atoms with Crippen molar-refractivity contribution in [2.24, 2.45) is 0 Å². The molecule has 1 aliphatic carbocycles. The lowest BCUT2D eigenvalue weighted by molar-refractivity contribution is -0.113. The van der Waals surface area contributed by atoms with E-state index in [0.29, 0.717) is 28.1 Å². The number of benzene rings is 1. The van der Waals surface area contributed by atoms with E-state index in [9.17, 15) is 9.59 Å². The molecule has 29 heavy (non-hydrogen) atoms. The van der Waals surface area contributed by atoms with Gasteiger partial charge in [-0.15, -0.1) is 11.8 Å². The van der Waals surface area contributed by atoms with Crippen molar-refractivity contribution >= 4 is 39.7 Å². The Labute approximate surface area is 177 Å². The average Bonchev–Trinajstić information content (AvgIpc) is 3.15. The summed E-state index contributed by atoms with van der Waals surface area (Å²) in [4.78, 5) is 29.8. The van der Waals surface area contributed by atoms with Crippen molar-refractivity contribution in [3.8, 4) is 0 Å². The first-order chi connectivity index (χ1) is 14.1. The van der Waals surface area contributed by atoms with E-state index in [1.807, 2.05) is 31.2 Å². The molecule has 0 spiro atoms. The average molecular weight is 429 g/mol. The molecule has 0 atom stereocenters. The van der Waals surface area contributed by atoms with Crippen molar-refractivity contribution in [3.63, 3.8) is 0 Å². The van der Waals surface area contributed by atoms with Crippen molar-refractivity contribution in [1.29, 1.82) is 0 Å². The fourth-order valence-corrected chi connectivity index (χ4v) is 5.35. The van der Waals surface area contributed by atoms with Crippen LogP contribution in [0.4, 0.5) is 5.69 Å². The molecule has 6 nitrogen and oxygen atoms in total. The number of thioether (sulfide) groups is 1. The number of carbonyl (C=O) groups is 1. The largest absolute Gasteiger partial charge is 0.325 e. The van der Waals surface area contributed by atoms with Crippen molar-refractivity contribution in [2.45, 2.75) is 50.7 Å². The molecule has 1 amide bonds. The van der Waals surface area contributed by atoms with E-state index in [-0.39, 0.29) is 11.5 Å². The van der Waals surface area contributed by atoms with Crippen LogP contribution in [0, 0.1) is 6.92 Å². The minimum absolute atomic E-state index is 0.0611. The normalized spacial score (nSPS) is 14.9. The van der Waals surface area contributed by atoms with Crippen LogP contribution in [0.2, 0.25) is 0 Å². The summed E-state index contributed by atoms with van der Waals surface area (Å²) >= 11 is 2.98. The Kier molecular flexibility index (Phi) is 6.30. The Morgan fingerprint density at radius 1 is 1.24 bits per heavy atom. The number of anilines is 1. The highest BCUT2D eigenvalue weighted by atomic mass is 32.2. The third-order valence-electron chi connectivity index (χ3n) is 5.09. The summed E-state index contributed by atoms with van der Waals surface area (Å²) in [5.41, 5.74) is 2.49. The van der Waals surface area contributed by atoms with Crippen molar-refractivity contribution in [2.75, 3.05) is 11.1 Å². The maximum atomic E-state index is 12.4. The predicted molar refractivity (Wildman–Crippen MR) is 119 cm³/mol. The fourth-order valence-electron chi connectivity index (χ4n) is 3.54. The van der Waals surface area contributed by atoms with Crippen LogP contribution in [0.3, 0.4) is 0 Å². The van der Waals surface area contributed by atoms with Gasteiger partial charge in [0.15, 0.2) is 0 Å². The molecule has 2 heterocycles. The van der Waals surface area contributed by atoms with Crippen LogP contribution in [-0.4, -0.2) is 26.3 Å². The molecule has 0 saturated heterocycles. The van der Waals surface area contributed by atoms with Crippen LogP contribution in [0.25, 0.3) is 4.96 Å². The van der Waals surface area contributed by atoms with Crippen LogP contribution in [0.1, 0.15) is 54.3 Å². The zero-order valence-corrected chi connectivity index (χ0v) is 18.0. The number of rotatable bonds is 6. The van der Waals surface area contributed by atoms with E-state index in [0.717, 1.165) is 29.1 Å². The minimum atomic E-state index is -0.145. The van der Waals surface area contributed by atoms with E-state index in [2.05, 4.69) is 15.4 Å². The molecular formula is C21H24N4O2S2. The van der Waals surface area contributed by atoms with Crippen molar-refractivity contribution < 1.29 is 4.79 Å². The molecule has 0 radical (unpaired) electrons. The number of aromatic nitrogens is 3. The van der Waals surface area contributed by atoms with E-state index in [1.54, 1.807) is 0 Å². The van der Waals surface area contributed by atoms with Crippen LogP contribution < -0.4 is 10.9 Å². The molecule has 1 saturated carbocycles. The third-order valence-corrected chi connectivity index (χ3v) is 7.12. The number of fused-ring (bicyclic) bond motifs is 1. The lowest BCUT2D eigenvalue weighted by atomic mass is 9.90. The fraction of sp³-hybridized carbons (Fsp3) is 0.429. The molecule has 3 aromatic rings. The molecule has 4 rings (SSSR count). The van der Waals surface area contributed by atoms with Gasteiger partial charge in [-0.1, -0.05) is 48.3 Å². The van der Waals surface area contributed by atoms with Gasteiger partial charge in [0.2, 0.25) is 10.9 Å². The Morgan fingerprint density at radius 2 is 2.00 bits per heavy atom. The second-order valence-corrected chi connectivity index (χ2v) is 9.44. The lowest BCUT2D eigenvalue weighted by Gasteiger charge is -2.18. The number of hydrogen-bond acceptors (Lipinski definition) is 6. The Morgan fingerprint density at radius 3 is 2.76 bits per heavy atom. The lowest BCUT2D eigenvalue weighted by Crippen LogP contribution is -2.16. The van der Waals surface area contributed by atoms with Gasteiger partial charge in [0.1, 0.15) is 5.01 Å². The van der Waals surface area contributed by atoms with E-state index >= 15 is 0 Å². The maximum Gasteiger partial charge on any atom is 0.275 e. The first-order valence-electron chi connectivity index (χ1n) is 9.92. The number of aryl methyl sites for hydroxylation is 1. The summed E-state index contributed by atoms with van der Waals surface area (Å²) in [5.74, 6) is 1.22. The summed E-state index contributed by atoms with van der Waals surface area (Å²) in [6, 6.07) is 9.24. The number of hydrogen-bond donors (Lipinski definition) is 1. The number of amides is 1. The highest BCUT2D eigenvalue weighted by molar-refractivity contribution is 7.99.